The molecule has 0 aromatic carbocycles. The van der Waals surface area contributed by atoms with E-state index in [0.29, 0.717) is 5.01 Å². The van der Waals surface area contributed by atoms with E-state index in [9.17, 15) is 10.1 Å². The maximum Gasteiger partial charge on any atom is 0.246 e. The summed E-state index contributed by atoms with van der Waals surface area (Å²) in [6, 6.07) is 0. The zero-order valence-corrected chi connectivity index (χ0v) is 6.67. The van der Waals surface area contributed by atoms with Gasteiger partial charge < -0.3 is 0 Å². The van der Waals surface area contributed by atoms with Gasteiger partial charge in [-0.3, -0.25) is 10.1 Å². The third kappa shape index (κ3) is 2.12. The molecule has 58 valence electrons. The molecule has 4 nitrogen and oxygen atoms in total. The first-order chi connectivity index (χ1) is 5.20. The van der Waals surface area contributed by atoms with Crippen LogP contribution in [0, 0.1) is 10.1 Å². The Morgan fingerprint density at radius 2 is 2.64 bits per heavy atom. The summed E-state index contributed by atoms with van der Waals surface area (Å²) in [5.74, 6) is 0. The molecule has 0 aliphatic heterocycles. The number of hydrogen-bond acceptors (Lipinski definition) is 4. The molecule has 0 amide bonds. The lowest BCUT2D eigenvalue weighted by Gasteiger charge is -1.85. The minimum atomic E-state index is -0.429. The van der Waals surface area contributed by atoms with Crippen molar-refractivity contribution in [2.24, 2.45) is 0 Å². The maximum absolute atomic E-state index is 10.1. The van der Waals surface area contributed by atoms with Crippen LogP contribution in [-0.4, -0.2) is 9.91 Å². The van der Waals surface area contributed by atoms with E-state index in [2.05, 4.69) is 4.98 Å². The molecule has 5 heteroatoms. The molecule has 0 radical (unpaired) electrons. The summed E-state index contributed by atoms with van der Waals surface area (Å²) in [5.41, 5.74) is 0.111. The largest absolute Gasteiger partial charge is 0.259 e. The van der Waals surface area contributed by atoms with Crippen molar-refractivity contribution in [1.29, 1.82) is 0 Å². The zero-order chi connectivity index (χ0) is 8.27. The van der Waals surface area contributed by atoms with Crippen LogP contribution in [0.3, 0.4) is 0 Å². The van der Waals surface area contributed by atoms with Crippen molar-refractivity contribution in [3.63, 3.8) is 0 Å². The van der Waals surface area contributed by atoms with Crippen LogP contribution in [0.2, 0.25) is 0 Å². The number of hydrogen-bond donors (Lipinski definition) is 0. The van der Waals surface area contributed by atoms with E-state index < -0.39 is 4.92 Å². The zero-order valence-electron chi connectivity index (χ0n) is 5.85. The van der Waals surface area contributed by atoms with E-state index >= 15 is 0 Å². The van der Waals surface area contributed by atoms with Gasteiger partial charge in [0.15, 0.2) is 0 Å². The van der Waals surface area contributed by atoms with Gasteiger partial charge in [0, 0.05) is 24.6 Å². The minimum absolute atomic E-state index is 0.111. The van der Waals surface area contributed by atoms with Crippen LogP contribution in [0.25, 0.3) is 6.08 Å². The molecule has 0 saturated heterocycles. The molecule has 0 atom stereocenters. The van der Waals surface area contributed by atoms with Crippen molar-refractivity contribution in [3.8, 4) is 0 Å². The molecule has 0 saturated carbocycles. The van der Waals surface area contributed by atoms with Gasteiger partial charge in [-0.2, -0.15) is 0 Å². The van der Waals surface area contributed by atoms with Crippen LogP contribution in [-0.2, 0) is 0 Å². The van der Waals surface area contributed by atoms with Crippen molar-refractivity contribution in [3.05, 3.63) is 32.4 Å². The lowest BCUT2D eigenvalue weighted by molar-refractivity contribution is -0.422. The van der Waals surface area contributed by atoms with Gasteiger partial charge in [-0.1, -0.05) is 0 Å². The number of nitrogens with zero attached hydrogens (tertiary/aromatic N) is 2. The predicted octanol–water partition coefficient (Wildman–Crippen LogP) is 1.78. The Labute approximate surface area is 67.3 Å². The second kappa shape index (κ2) is 3.25. The molecule has 11 heavy (non-hydrogen) atoms. The molecule has 1 aromatic heterocycles. The Hall–Kier alpha value is -1.23. The molecule has 1 heterocycles. The first kappa shape index (κ1) is 7.87. The van der Waals surface area contributed by atoms with Crippen LogP contribution in [0.1, 0.15) is 11.9 Å². The third-order valence-corrected chi connectivity index (χ3v) is 1.79. The number of nitro groups is 1. The van der Waals surface area contributed by atoms with Crippen LogP contribution in [0.15, 0.2) is 17.3 Å². The van der Waals surface area contributed by atoms with Gasteiger partial charge in [0.2, 0.25) is 5.70 Å². The van der Waals surface area contributed by atoms with Crippen LogP contribution < -0.4 is 0 Å². The fourth-order valence-corrected chi connectivity index (χ4v) is 1.16. The Morgan fingerprint density at radius 3 is 3.09 bits per heavy atom. The molecule has 1 rings (SSSR count). The highest BCUT2D eigenvalue weighted by atomic mass is 32.1. The third-order valence-electron chi connectivity index (χ3n) is 1.07. The first-order valence-electron chi connectivity index (χ1n) is 2.92. The highest BCUT2D eigenvalue weighted by Gasteiger charge is 2.02. The fraction of sp³-hybridized carbons (Fsp3) is 0.167. The quantitative estimate of drug-likeness (QED) is 0.502. The Morgan fingerprint density at radius 1 is 1.91 bits per heavy atom. The molecule has 1 aromatic rings. The van der Waals surface area contributed by atoms with Gasteiger partial charge in [-0.15, -0.1) is 11.3 Å². The van der Waals surface area contributed by atoms with Gasteiger partial charge >= 0.3 is 0 Å². The second-order valence-electron chi connectivity index (χ2n) is 1.91. The Balaban J connectivity index is 2.82. The average Bonchev–Trinajstić information content (AvgIpc) is 2.39. The Kier molecular flexibility index (Phi) is 2.32. The standard InChI is InChI=1S/C6H6N2O2S/c1-5(8(9)10)4-6-7-2-3-11-6/h2-4H,1H3. The minimum Gasteiger partial charge on any atom is -0.259 e. The van der Waals surface area contributed by atoms with Crippen molar-refractivity contribution < 1.29 is 4.92 Å². The van der Waals surface area contributed by atoms with Crippen molar-refractivity contribution in [1.82, 2.24) is 4.98 Å². The molecule has 0 unspecified atom stereocenters. The van der Waals surface area contributed by atoms with E-state index in [1.807, 2.05) is 0 Å². The van der Waals surface area contributed by atoms with Crippen LogP contribution in [0.4, 0.5) is 0 Å². The summed E-state index contributed by atoms with van der Waals surface area (Å²) in [6.07, 6.45) is 3.06. The topological polar surface area (TPSA) is 56.0 Å². The van der Waals surface area contributed by atoms with E-state index in [-0.39, 0.29) is 5.70 Å². The maximum atomic E-state index is 10.1. The number of allylic oxidation sites excluding steroid dienone is 1. The van der Waals surface area contributed by atoms with Gasteiger partial charge in [0.25, 0.3) is 0 Å². The molecule has 0 fully saturated rings. The lowest BCUT2D eigenvalue weighted by Crippen LogP contribution is -1.92. The summed E-state index contributed by atoms with van der Waals surface area (Å²) in [5, 5.41) is 12.6. The van der Waals surface area contributed by atoms with Crippen LogP contribution >= 0.6 is 11.3 Å². The average molecular weight is 170 g/mol. The summed E-state index contributed by atoms with van der Waals surface area (Å²) in [6.45, 7) is 1.45. The highest BCUT2D eigenvalue weighted by molar-refractivity contribution is 7.10. The summed E-state index contributed by atoms with van der Waals surface area (Å²) >= 11 is 1.38. The van der Waals surface area contributed by atoms with E-state index in [1.165, 1.54) is 24.3 Å². The highest BCUT2D eigenvalue weighted by Crippen LogP contribution is 2.09. The van der Waals surface area contributed by atoms with E-state index in [4.69, 9.17) is 0 Å². The first-order valence-corrected chi connectivity index (χ1v) is 3.80. The van der Waals surface area contributed by atoms with Crippen LogP contribution in [0.5, 0.6) is 0 Å². The summed E-state index contributed by atoms with van der Waals surface area (Å²) < 4.78 is 0. The van der Waals surface area contributed by atoms with Crippen molar-refractivity contribution in [2.75, 3.05) is 0 Å². The number of rotatable bonds is 2. The molecule has 0 bridgehead atoms. The molecule has 0 aliphatic carbocycles. The summed E-state index contributed by atoms with van der Waals surface area (Å²) in [7, 11) is 0. The smallest absolute Gasteiger partial charge is 0.246 e. The molecule has 0 N–H and O–H groups in total. The van der Waals surface area contributed by atoms with E-state index in [1.54, 1.807) is 11.6 Å². The normalized spacial score (nSPS) is 11.5. The second-order valence-corrected chi connectivity index (χ2v) is 2.84. The Bertz CT molecular complexity index is 279. The van der Waals surface area contributed by atoms with Gasteiger partial charge in [-0.25, -0.2) is 4.98 Å². The monoisotopic (exact) mass is 170 g/mol. The number of aromatic nitrogens is 1. The van der Waals surface area contributed by atoms with Crippen molar-refractivity contribution in [2.45, 2.75) is 6.92 Å². The SMILES string of the molecule is CC(=Cc1nccs1)[N+](=O)[O-]. The molecular formula is C6H6N2O2S. The van der Waals surface area contributed by atoms with Gasteiger partial charge in [0.1, 0.15) is 5.01 Å². The van der Waals surface area contributed by atoms with E-state index in [0.717, 1.165) is 0 Å². The molecular weight excluding hydrogens is 164 g/mol. The lowest BCUT2D eigenvalue weighted by atomic mass is 10.4. The molecule has 0 spiro atoms. The van der Waals surface area contributed by atoms with Crippen molar-refractivity contribution >= 4 is 17.4 Å². The van der Waals surface area contributed by atoms with Gasteiger partial charge in [-0.05, 0) is 0 Å². The predicted molar refractivity (Wildman–Crippen MR) is 42.8 cm³/mol. The summed E-state index contributed by atoms with van der Waals surface area (Å²) in [4.78, 5) is 13.6. The molecule has 0 aliphatic rings. The van der Waals surface area contributed by atoms with Gasteiger partial charge in [0.05, 0.1) is 4.92 Å². The fourth-order valence-electron chi connectivity index (χ4n) is 0.537. The number of thiazole rings is 1.